The summed E-state index contributed by atoms with van der Waals surface area (Å²) in [5.74, 6) is 0.106. The highest BCUT2D eigenvalue weighted by atomic mass is 32.1. The molecule has 134 valence electrons. The lowest BCUT2D eigenvalue weighted by atomic mass is 10.0. The lowest BCUT2D eigenvalue weighted by Gasteiger charge is -2.07. The first-order valence-electron chi connectivity index (χ1n) is 8.68. The Morgan fingerprint density at radius 2 is 1.89 bits per heavy atom. The molecule has 0 atom stereocenters. The first-order chi connectivity index (χ1) is 13.2. The predicted octanol–water partition coefficient (Wildman–Crippen LogP) is 4.64. The third-order valence-corrected chi connectivity index (χ3v) is 5.39. The maximum atomic E-state index is 12.5. The van der Waals surface area contributed by atoms with Crippen molar-refractivity contribution < 1.29 is 9.90 Å². The first kappa shape index (κ1) is 17.2. The van der Waals surface area contributed by atoms with Crippen LogP contribution < -0.4 is 5.32 Å². The Hall–Kier alpha value is -3.18. The summed E-state index contributed by atoms with van der Waals surface area (Å²) in [6.07, 6.45) is 4.09. The highest BCUT2D eigenvalue weighted by Gasteiger charge is 2.10. The number of benzene rings is 2. The summed E-state index contributed by atoms with van der Waals surface area (Å²) < 4.78 is 1.22. The number of hydrogen-bond acceptors (Lipinski definition) is 4. The maximum absolute atomic E-state index is 12.5. The minimum Gasteiger partial charge on any atom is -0.508 e. The standard InChI is InChI=1S/C22H18N2O2S/c25-18-7-5-15(6-8-18)9-10-24-22(26)17-11-16(12-23-13-17)20-14-27-21-4-2-1-3-19(20)21/h1-8,11-14,25H,9-10H2,(H,24,26). The van der Waals surface area contributed by atoms with E-state index in [0.29, 0.717) is 18.5 Å². The summed E-state index contributed by atoms with van der Waals surface area (Å²) in [5.41, 5.74) is 3.65. The van der Waals surface area contributed by atoms with E-state index in [0.717, 1.165) is 16.7 Å². The second-order valence-corrected chi connectivity index (χ2v) is 7.19. The Morgan fingerprint density at radius 3 is 2.74 bits per heavy atom. The normalized spacial score (nSPS) is 10.8. The number of pyridine rings is 1. The van der Waals surface area contributed by atoms with Crippen LogP contribution in [-0.2, 0) is 6.42 Å². The van der Waals surface area contributed by atoms with Gasteiger partial charge in [-0.25, -0.2) is 0 Å². The van der Waals surface area contributed by atoms with E-state index >= 15 is 0 Å². The number of carbonyl (C=O) groups is 1. The van der Waals surface area contributed by atoms with Gasteiger partial charge in [0.2, 0.25) is 0 Å². The molecule has 4 rings (SSSR count). The van der Waals surface area contributed by atoms with Crippen LogP contribution in [0, 0.1) is 0 Å². The fraction of sp³-hybridized carbons (Fsp3) is 0.0909. The van der Waals surface area contributed by atoms with Gasteiger partial charge in [-0.05, 0) is 41.6 Å². The molecule has 0 bridgehead atoms. The molecule has 0 saturated heterocycles. The lowest BCUT2D eigenvalue weighted by molar-refractivity contribution is 0.0954. The van der Waals surface area contributed by atoms with Crippen LogP contribution in [0.2, 0.25) is 0 Å². The zero-order chi connectivity index (χ0) is 18.6. The van der Waals surface area contributed by atoms with Crippen molar-refractivity contribution in [2.24, 2.45) is 0 Å². The van der Waals surface area contributed by atoms with Gasteiger partial charge in [0.25, 0.3) is 5.91 Å². The maximum Gasteiger partial charge on any atom is 0.252 e. The van der Waals surface area contributed by atoms with Gasteiger partial charge in [-0.2, -0.15) is 0 Å². The molecule has 1 amide bonds. The van der Waals surface area contributed by atoms with E-state index in [4.69, 9.17) is 0 Å². The van der Waals surface area contributed by atoms with Crippen molar-refractivity contribution in [3.05, 3.63) is 83.5 Å². The average Bonchev–Trinajstić information content (AvgIpc) is 3.14. The van der Waals surface area contributed by atoms with Crippen molar-refractivity contribution in [1.82, 2.24) is 10.3 Å². The van der Waals surface area contributed by atoms with Crippen LogP contribution in [0.25, 0.3) is 21.2 Å². The van der Waals surface area contributed by atoms with Gasteiger partial charge in [0.15, 0.2) is 0 Å². The van der Waals surface area contributed by atoms with Gasteiger partial charge in [-0.15, -0.1) is 11.3 Å². The minimum atomic E-state index is -0.136. The number of aromatic hydroxyl groups is 1. The average molecular weight is 374 g/mol. The molecular weight excluding hydrogens is 356 g/mol. The number of rotatable bonds is 5. The van der Waals surface area contributed by atoms with Crippen molar-refractivity contribution >= 4 is 27.3 Å². The Morgan fingerprint density at radius 1 is 1.07 bits per heavy atom. The van der Waals surface area contributed by atoms with Gasteiger partial charge in [0, 0.05) is 40.2 Å². The van der Waals surface area contributed by atoms with Crippen LogP contribution in [0.5, 0.6) is 5.75 Å². The number of nitrogens with zero attached hydrogens (tertiary/aromatic N) is 1. The smallest absolute Gasteiger partial charge is 0.252 e. The van der Waals surface area contributed by atoms with E-state index in [1.807, 2.05) is 30.3 Å². The molecule has 4 aromatic rings. The van der Waals surface area contributed by atoms with E-state index in [-0.39, 0.29) is 11.7 Å². The van der Waals surface area contributed by atoms with Crippen LogP contribution >= 0.6 is 11.3 Å². The third kappa shape index (κ3) is 3.83. The molecule has 0 aliphatic carbocycles. The van der Waals surface area contributed by atoms with Crippen molar-refractivity contribution in [2.75, 3.05) is 6.54 Å². The van der Waals surface area contributed by atoms with Gasteiger partial charge in [0.05, 0.1) is 5.56 Å². The second kappa shape index (κ2) is 7.60. The number of nitrogens with one attached hydrogen (secondary N) is 1. The summed E-state index contributed by atoms with van der Waals surface area (Å²) in [6, 6.07) is 17.1. The number of phenolic OH excluding ortho intramolecular Hbond substituents is 1. The quantitative estimate of drug-likeness (QED) is 0.535. The van der Waals surface area contributed by atoms with Crippen LogP contribution in [0.4, 0.5) is 0 Å². The number of phenols is 1. The molecule has 0 fully saturated rings. The fourth-order valence-corrected chi connectivity index (χ4v) is 3.97. The van der Waals surface area contributed by atoms with E-state index < -0.39 is 0 Å². The zero-order valence-corrected chi connectivity index (χ0v) is 15.4. The van der Waals surface area contributed by atoms with Crippen LogP contribution in [-0.4, -0.2) is 22.5 Å². The number of thiophene rings is 1. The van der Waals surface area contributed by atoms with E-state index in [1.165, 1.54) is 10.1 Å². The van der Waals surface area contributed by atoms with Gasteiger partial charge in [-0.3, -0.25) is 9.78 Å². The highest BCUT2D eigenvalue weighted by molar-refractivity contribution is 7.17. The molecule has 0 unspecified atom stereocenters. The summed E-state index contributed by atoms with van der Waals surface area (Å²) in [6.45, 7) is 0.523. The minimum absolute atomic E-state index is 0.136. The van der Waals surface area contributed by atoms with Gasteiger partial charge < -0.3 is 10.4 Å². The number of fused-ring (bicyclic) bond motifs is 1. The molecule has 0 saturated carbocycles. The van der Waals surface area contributed by atoms with Crippen molar-refractivity contribution in [3.8, 4) is 16.9 Å². The largest absolute Gasteiger partial charge is 0.508 e. The summed E-state index contributed by atoms with van der Waals surface area (Å²) >= 11 is 1.69. The molecule has 27 heavy (non-hydrogen) atoms. The van der Waals surface area contributed by atoms with Crippen LogP contribution in [0.3, 0.4) is 0 Å². The molecule has 4 nitrogen and oxygen atoms in total. The molecule has 2 aromatic heterocycles. The molecule has 0 spiro atoms. The summed E-state index contributed by atoms with van der Waals surface area (Å²) in [7, 11) is 0. The Kier molecular flexibility index (Phi) is 4.85. The lowest BCUT2D eigenvalue weighted by Crippen LogP contribution is -2.25. The SMILES string of the molecule is O=C(NCCc1ccc(O)cc1)c1cncc(-c2csc3ccccc23)c1. The summed E-state index contributed by atoms with van der Waals surface area (Å²) in [4.78, 5) is 16.7. The van der Waals surface area contributed by atoms with Crippen molar-refractivity contribution in [2.45, 2.75) is 6.42 Å². The summed E-state index contributed by atoms with van der Waals surface area (Å²) in [5, 5.41) is 15.5. The zero-order valence-electron chi connectivity index (χ0n) is 14.6. The Balaban J connectivity index is 1.47. The number of amides is 1. The number of hydrogen-bond donors (Lipinski definition) is 2. The van der Waals surface area contributed by atoms with E-state index in [1.54, 1.807) is 35.9 Å². The Labute approximate surface area is 161 Å². The topological polar surface area (TPSA) is 62.2 Å². The Bertz CT molecular complexity index is 1090. The molecule has 2 heterocycles. The van der Waals surface area contributed by atoms with Crippen molar-refractivity contribution in [3.63, 3.8) is 0 Å². The molecule has 0 aliphatic rings. The van der Waals surface area contributed by atoms with Crippen LogP contribution in [0.1, 0.15) is 15.9 Å². The number of carbonyl (C=O) groups excluding carboxylic acids is 1. The first-order valence-corrected chi connectivity index (χ1v) is 9.56. The molecule has 0 radical (unpaired) electrons. The predicted molar refractivity (Wildman–Crippen MR) is 109 cm³/mol. The molecular formula is C22H18N2O2S. The van der Waals surface area contributed by atoms with Gasteiger partial charge in [-0.1, -0.05) is 30.3 Å². The molecule has 2 aromatic carbocycles. The number of aromatic nitrogens is 1. The molecule has 5 heteroatoms. The highest BCUT2D eigenvalue weighted by Crippen LogP contribution is 2.33. The van der Waals surface area contributed by atoms with E-state index in [2.05, 4.69) is 27.8 Å². The van der Waals surface area contributed by atoms with Gasteiger partial charge in [0.1, 0.15) is 5.75 Å². The fourth-order valence-electron chi connectivity index (χ4n) is 3.00. The monoisotopic (exact) mass is 374 g/mol. The molecule has 0 aliphatic heterocycles. The third-order valence-electron chi connectivity index (χ3n) is 4.43. The van der Waals surface area contributed by atoms with Crippen LogP contribution in [0.15, 0.2) is 72.4 Å². The van der Waals surface area contributed by atoms with Gasteiger partial charge >= 0.3 is 0 Å². The van der Waals surface area contributed by atoms with Crippen molar-refractivity contribution in [1.29, 1.82) is 0 Å². The second-order valence-electron chi connectivity index (χ2n) is 6.28. The van der Waals surface area contributed by atoms with E-state index in [9.17, 15) is 9.90 Å². The molecule has 2 N–H and O–H groups in total.